The summed E-state index contributed by atoms with van der Waals surface area (Å²) in [5.41, 5.74) is 2.33. The van der Waals surface area contributed by atoms with Crippen LogP contribution in [0.4, 0.5) is 0 Å². The molecule has 0 spiro atoms. The van der Waals surface area contributed by atoms with Crippen LogP contribution in [0.1, 0.15) is 35.1 Å². The minimum absolute atomic E-state index is 0.133. The van der Waals surface area contributed by atoms with Crippen molar-refractivity contribution < 1.29 is 14.3 Å². The number of methoxy groups -OCH3 is 1. The van der Waals surface area contributed by atoms with Gasteiger partial charge in [-0.2, -0.15) is 9.61 Å². The predicted octanol–water partition coefficient (Wildman–Crippen LogP) is 2.45. The quantitative estimate of drug-likeness (QED) is 0.447. The van der Waals surface area contributed by atoms with Crippen molar-refractivity contribution in [3.05, 3.63) is 53.3 Å². The number of carbonyl (C=O) groups is 2. The van der Waals surface area contributed by atoms with E-state index in [9.17, 15) is 9.59 Å². The number of nitrogens with zero attached hydrogens (tertiary/aromatic N) is 4. The first-order chi connectivity index (χ1) is 14.0. The van der Waals surface area contributed by atoms with E-state index >= 15 is 0 Å². The van der Waals surface area contributed by atoms with Crippen LogP contribution in [0.3, 0.4) is 0 Å². The Labute approximate surface area is 173 Å². The summed E-state index contributed by atoms with van der Waals surface area (Å²) in [4.78, 5) is 24.1. The SMILES string of the molecule is CCC(Sc1ccc2nnc(CCNC(=O)c3ccc(C)cc3)n2n1)C(=O)OC. The van der Waals surface area contributed by atoms with Crippen LogP contribution in [0.5, 0.6) is 0 Å². The number of hydrogen-bond acceptors (Lipinski definition) is 7. The number of fused-ring (bicyclic) bond motifs is 1. The fraction of sp³-hybridized carbons (Fsp3) is 0.350. The topological polar surface area (TPSA) is 98.5 Å². The Morgan fingerprint density at radius 2 is 1.93 bits per heavy atom. The number of carbonyl (C=O) groups excluding carboxylic acids is 2. The average molecular weight is 414 g/mol. The van der Waals surface area contributed by atoms with Crippen molar-refractivity contribution >= 4 is 29.3 Å². The maximum Gasteiger partial charge on any atom is 0.319 e. The fourth-order valence-corrected chi connectivity index (χ4v) is 3.63. The van der Waals surface area contributed by atoms with Crippen molar-refractivity contribution in [2.24, 2.45) is 0 Å². The zero-order valence-electron chi connectivity index (χ0n) is 16.6. The summed E-state index contributed by atoms with van der Waals surface area (Å²) in [5, 5.41) is 16.1. The molecule has 3 aromatic rings. The van der Waals surface area contributed by atoms with Gasteiger partial charge in [0.15, 0.2) is 11.5 Å². The highest BCUT2D eigenvalue weighted by molar-refractivity contribution is 8.00. The Hall–Kier alpha value is -2.94. The zero-order chi connectivity index (χ0) is 20.8. The van der Waals surface area contributed by atoms with Gasteiger partial charge in [-0.3, -0.25) is 9.59 Å². The lowest BCUT2D eigenvalue weighted by molar-refractivity contribution is -0.140. The van der Waals surface area contributed by atoms with Crippen LogP contribution in [-0.4, -0.2) is 50.6 Å². The number of nitrogens with one attached hydrogen (secondary N) is 1. The molecule has 0 saturated carbocycles. The predicted molar refractivity (Wildman–Crippen MR) is 110 cm³/mol. The second-order valence-electron chi connectivity index (χ2n) is 6.47. The van der Waals surface area contributed by atoms with E-state index in [1.54, 1.807) is 22.7 Å². The van der Waals surface area contributed by atoms with E-state index in [0.717, 1.165) is 5.56 Å². The average Bonchev–Trinajstić information content (AvgIpc) is 3.14. The molecule has 1 amide bonds. The minimum atomic E-state index is -0.321. The lowest BCUT2D eigenvalue weighted by atomic mass is 10.1. The molecule has 1 unspecified atom stereocenters. The van der Waals surface area contributed by atoms with Gasteiger partial charge in [0.25, 0.3) is 5.91 Å². The zero-order valence-corrected chi connectivity index (χ0v) is 17.4. The van der Waals surface area contributed by atoms with Gasteiger partial charge in [-0.1, -0.05) is 36.4 Å². The van der Waals surface area contributed by atoms with Crippen LogP contribution < -0.4 is 5.32 Å². The maximum absolute atomic E-state index is 12.2. The molecule has 29 heavy (non-hydrogen) atoms. The molecule has 8 nitrogen and oxygen atoms in total. The lowest BCUT2D eigenvalue weighted by Crippen LogP contribution is -2.26. The molecule has 0 bridgehead atoms. The fourth-order valence-electron chi connectivity index (χ4n) is 2.71. The summed E-state index contributed by atoms with van der Waals surface area (Å²) in [6.45, 7) is 4.31. The summed E-state index contributed by atoms with van der Waals surface area (Å²) in [6.07, 6.45) is 1.12. The first kappa shape index (κ1) is 20.8. The molecule has 2 aromatic heterocycles. The Morgan fingerprint density at radius 3 is 2.62 bits per heavy atom. The van der Waals surface area contributed by atoms with Gasteiger partial charge in [-0.15, -0.1) is 10.2 Å². The molecule has 2 heterocycles. The highest BCUT2D eigenvalue weighted by Crippen LogP contribution is 2.24. The van der Waals surface area contributed by atoms with E-state index in [1.165, 1.54) is 18.9 Å². The monoisotopic (exact) mass is 413 g/mol. The highest BCUT2D eigenvalue weighted by Gasteiger charge is 2.20. The molecule has 1 atom stereocenters. The minimum Gasteiger partial charge on any atom is -0.468 e. The van der Waals surface area contributed by atoms with E-state index < -0.39 is 0 Å². The molecule has 152 valence electrons. The molecule has 0 saturated heterocycles. The Bertz CT molecular complexity index is 1000. The Balaban J connectivity index is 1.66. The first-order valence-electron chi connectivity index (χ1n) is 9.32. The van der Waals surface area contributed by atoms with Crippen molar-refractivity contribution in [3.8, 4) is 0 Å². The third-order valence-corrected chi connectivity index (χ3v) is 5.62. The summed E-state index contributed by atoms with van der Waals surface area (Å²) in [5.74, 6) is 0.229. The molecule has 0 aliphatic carbocycles. The molecule has 0 aliphatic rings. The molecule has 0 radical (unpaired) electrons. The number of ether oxygens (including phenoxy) is 1. The van der Waals surface area contributed by atoms with Crippen molar-refractivity contribution in [1.82, 2.24) is 25.1 Å². The number of thioether (sulfide) groups is 1. The van der Waals surface area contributed by atoms with Gasteiger partial charge in [-0.05, 0) is 37.6 Å². The van der Waals surface area contributed by atoms with Crippen LogP contribution >= 0.6 is 11.8 Å². The Morgan fingerprint density at radius 1 is 1.17 bits per heavy atom. The van der Waals surface area contributed by atoms with Crippen LogP contribution in [-0.2, 0) is 16.0 Å². The lowest BCUT2D eigenvalue weighted by Gasteiger charge is -2.11. The van der Waals surface area contributed by atoms with Gasteiger partial charge in [0.1, 0.15) is 10.3 Å². The standard InChI is InChI=1S/C20H23N5O3S/c1-4-15(20(27)28-3)29-18-10-9-16-22-23-17(25(16)24-18)11-12-21-19(26)14-7-5-13(2)6-8-14/h5-10,15H,4,11-12H2,1-3H3,(H,21,26). The van der Waals surface area contributed by atoms with Gasteiger partial charge in [0.05, 0.1) is 7.11 Å². The molecule has 3 rings (SSSR count). The normalized spacial score (nSPS) is 12.0. The number of hydrogen-bond donors (Lipinski definition) is 1. The molecular formula is C20H23N5O3S. The number of rotatable bonds is 8. The second-order valence-corrected chi connectivity index (χ2v) is 7.69. The van der Waals surface area contributed by atoms with Crippen molar-refractivity contribution in [2.45, 2.75) is 37.0 Å². The largest absolute Gasteiger partial charge is 0.468 e. The van der Waals surface area contributed by atoms with E-state index in [2.05, 4.69) is 20.6 Å². The molecule has 9 heteroatoms. The number of aryl methyl sites for hydroxylation is 1. The summed E-state index contributed by atoms with van der Waals surface area (Å²) < 4.78 is 6.47. The molecule has 0 aliphatic heterocycles. The summed E-state index contributed by atoms with van der Waals surface area (Å²) in [7, 11) is 1.38. The maximum atomic E-state index is 12.2. The third kappa shape index (κ3) is 5.11. The Kier molecular flexibility index (Phi) is 6.82. The highest BCUT2D eigenvalue weighted by atomic mass is 32.2. The molecule has 1 aromatic carbocycles. The van der Waals surface area contributed by atoms with E-state index in [0.29, 0.717) is 41.4 Å². The van der Waals surface area contributed by atoms with Crippen molar-refractivity contribution in [3.63, 3.8) is 0 Å². The number of benzene rings is 1. The van der Waals surface area contributed by atoms with Gasteiger partial charge in [0, 0.05) is 18.5 Å². The van der Waals surface area contributed by atoms with E-state index in [-0.39, 0.29) is 17.1 Å². The molecular weight excluding hydrogens is 390 g/mol. The van der Waals surface area contributed by atoms with Crippen LogP contribution in [0.15, 0.2) is 41.4 Å². The van der Waals surface area contributed by atoms with Gasteiger partial charge < -0.3 is 10.1 Å². The summed E-state index contributed by atoms with van der Waals surface area (Å²) in [6, 6.07) is 11.0. The van der Waals surface area contributed by atoms with Crippen LogP contribution in [0.2, 0.25) is 0 Å². The number of amides is 1. The van der Waals surface area contributed by atoms with Crippen LogP contribution in [0.25, 0.3) is 5.65 Å². The van der Waals surface area contributed by atoms with Gasteiger partial charge >= 0.3 is 5.97 Å². The van der Waals surface area contributed by atoms with Gasteiger partial charge in [0.2, 0.25) is 0 Å². The summed E-state index contributed by atoms with van der Waals surface area (Å²) >= 11 is 1.34. The molecule has 1 N–H and O–H groups in total. The second kappa shape index (κ2) is 9.51. The van der Waals surface area contributed by atoms with Crippen molar-refractivity contribution in [2.75, 3.05) is 13.7 Å². The van der Waals surface area contributed by atoms with E-state index in [4.69, 9.17) is 4.74 Å². The first-order valence-corrected chi connectivity index (χ1v) is 10.2. The third-order valence-electron chi connectivity index (χ3n) is 4.35. The van der Waals surface area contributed by atoms with E-state index in [1.807, 2.05) is 32.0 Å². The van der Waals surface area contributed by atoms with Gasteiger partial charge in [-0.25, -0.2) is 0 Å². The number of aromatic nitrogens is 4. The van der Waals surface area contributed by atoms with Crippen LogP contribution in [0, 0.1) is 6.92 Å². The molecule has 0 fully saturated rings. The smallest absolute Gasteiger partial charge is 0.319 e. The van der Waals surface area contributed by atoms with Crippen molar-refractivity contribution in [1.29, 1.82) is 0 Å². The number of esters is 1.